The molecule has 644 valence electrons. The molecule has 10 heteroatoms. The zero-order chi connectivity index (χ0) is 89.9. The van der Waals surface area contributed by atoms with Gasteiger partial charge in [-0.2, -0.15) is 0 Å². The maximum atomic E-state index is 7.09. The molecule has 2 aliphatic carbocycles. The van der Waals surface area contributed by atoms with E-state index < -0.39 is 5.41 Å². The van der Waals surface area contributed by atoms with Crippen LogP contribution in [0.25, 0.3) is 160 Å². The summed E-state index contributed by atoms with van der Waals surface area (Å²) in [5.74, 6) is -0.206. The molecule has 137 heavy (non-hydrogen) atoms. The Kier molecular flexibility index (Phi) is 18.5. The van der Waals surface area contributed by atoms with E-state index in [1.54, 1.807) is 0 Å². The lowest BCUT2D eigenvalue weighted by Crippen LogP contribution is -2.44. The van der Waals surface area contributed by atoms with E-state index in [0.29, 0.717) is 0 Å². The Labute approximate surface area is 807 Å². The molecular weight excluding hydrogens is 1740 g/mol. The minimum absolute atomic E-state index is 0.199. The summed E-state index contributed by atoms with van der Waals surface area (Å²) in [6, 6.07) is 169. The van der Waals surface area contributed by atoms with Crippen molar-refractivity contribution in [2.75, 3.05) is 19.6 Å². The van der Waals surface area contributed by atoms with Crippen molar-refractivity contribution in [1.29, 1.82) is 0 Å². The van der Waals surface area contributed by atoms with E-state index in [4.69, 9.17) is 8.83 Å². The van der Waals surface area contributed by atoms with Crippen LogP contribution < -0.4 is 19.6 Å². The molecule has 1 aliphatic heterocycles. The lowest BCUT2D eigenvalue weighted by atomic mass is 9.61. The quantitative estimate of drug-likeness (QED) is 0.0954. The Morgan fingerprint density at radius 2 is 0.693 bits per heavy atom. The molecule has 6 heterocycles. The largest absolute Gasteiger partial charge is 0.455 e. The lowest BCUT2D eigenvalue weighted by molar-refractivity contribution is 0.448. The normalized spacial score (nSPS) is 14.9. The van der Waals surface area contributed by atoms with E-state index in [-0.39, 0.29) is 11.2 Å². The first-order valence-corrected chi connectivity index (χ1v) is 50.0. The van der Waals surface area contributed by atoms with Crippen molar-refractivity contribution in [3.63, 3.8) is 0 Å². The summed E-state index contributed by atoms with van der Waals surface area (Å²) in [7, 11) is 0. The third-order valence-corrected chi connectivity index (χ3v) is 33.1. The number of thiophene rings is 3. The van der Waals surface area contributed by atoms with Crippen LogP contribution in [0.1, 0.15) is 16.7 Å². The number of hydrogen-bond donors (Lipinski definition) is 0. The van der Waals surface area contributed by atoms with Gasteiger partial charge in [-0.05, 0) is 220 Å². The van der Waals surface area contributed by atoms with Crippen LogP contribution in [0.3, 0.4) is 0 Å². The van der Waals surface area contributed by atoms with Gasteiger partial charge in [-0.1, -0.05) is 303 Å². The van der Waals surface area contributed by atoms with Crippen LogP contribution in [0.2, 0.25) is 0 Å². The van der Waals surface area contributed by atoms with Crippen molar-refractivity contribution in [3.8, 4) is 55.6 Å². The molecule has 0 amide bonds. The second kappa shape index (κ2) is 32.0. The second-order valence-electron chi connectivity index (χ2n) is 35.9. The monoisotopic (exact) mass is 1820 g/mol. The van der Waals surface area contributed by atoms with E-state index in [0.717, 1.165) is 162 Å². The molecule has 3 unspecified atom stereocenters. The van der Waals surface area contributed by atoms with Gasteiger partial charge in [0.15, 0.2) is 0 Å². The Bertz CT molecular complexity index is 9250. The Morgan fingerprint density at radius 1 is 0.248 bits per heavy atom. The molecule has 3 aliphatic rings. The maximum absolute atomic E-state index is 7.09. The molecule has 0 saturated carbocycles. The van der Waals surface area contributed by atoms with Gasteiger partial charge in [0.1, 0.15) is 22.3 Å². The molecule has 25 aromatic rings. The highest BCUT2D eigenvalue weighted by Gasteiger charge is 2.57. The molecule has 1 spiro atoms. The van der Waals surface area contributed by atoms with Gasteiger partial charge in [0.05, 0.1) is 22.5 Å². The van der Waals surface area contributed by atoms with Gasteiger partial charge < -0.3 is 28.4 Å². The number of fused-ring (bicyclic) bond motifs is 24. The van der Waals surface area contributed by atoms with Gasteiger partial charge in [0.25, 0.3) is 0 Å². The summed E-state index contributed by atoms with van der Waals surface area (Å²) < 4.78 is 21.5. The van der Waals surface area contributed by atoms with Crippen LogP contribution in [0.15, 0.2) is 493 Å². The topological polar surface area (TPSA) is 39.2 Å². The predicted octanol–water partition coefficient (Wildman–Crippen LogP) is 37.4. The van der Waals surface area contributed by atoms with E-state index in [2.05, 4.69) is 493 Å². The van der Waals surface area contributed by atoms with E-state index >= 15 is 0 Å². The third kappa shape index (κ3) is 12.7. The lowest BCUT2D eigenvalue weighted by Gasteiger charge is -2.48. The highest BCUT2D eigenvalue weighted by atomic mass is 32.2. The predicted molar refractivity (Wildman–Crippen MR) is 583 cm³/mol. The van der Waals surface area contributed by atoms with E-state index in [1.165, 1.54) is 87.7 Å². The summed E-state index contributed by atoms with van der Waals surface area (Å²) in [4.78, 5) is 11.4. The van der Waals surface area contributed by atoms with Crippen molar-refractivity contribution in [2.24, 2.45) is 5.92 Å². The van der Waals surface area contributed by atoms with Crippen molar-refractivity contribution < 1.29 is 8.83 Å². The summed E-state index contributed by atoms with van der Waals surface area (Å²) in [6.07, 6.45) is 7.78. The molecule has 3 atom stereocenters. The molecule has 0 radical (unpaired) electrons. The van der Waals surface area contributed by atoms with Crippen molar-refractivity contribution >= 4 is 213 Å². The first kappa shape index (κ1) is 79.3. The van der Waals surface area contributed by atoms with Gasteiger partial charge in [-0.25, -0.2) is 0 Å². The van der Waals surface area contributed by atoms with Crippen molar-refractivity contribution in [3.05, 3.63) is 496 Å². The molecule has 20 aromatic carbocycles. The SMILES string of the molecule is C1=CC2C(C=C1N(c1ccccc1)c1cc(-c3ccccc3)cc3sc4ccccc4c13)Sc1cc(N(c3ccccc3)c3cc(-c4ccccc4)cc4sc5ccccc5c34)ccc1C21c2ccc(N(c3ccccc3)c3cc(-c4cccc5c4oc4ccccc45)c4sc5ccccc5c4c3)cc2-c2c(N(c3ccccc3)c3cc(-c4ccccc4)c4oc5ccccc5c4c3)cccc21. The van der Waals surface area contributed by atoms with Gasteiger partial charge in [-0.3, -0.25) is 0 Å². The number of anilines is 11. The summed E-state index contributed by atoms with van der Waals surface area (Å²) >= 11 is 7.59. The number of thioether (sulfide) groups is 1. The van der Waals surface area contributed by atoms with E-state index in [1.807, 2.05) is 45.8 Å². The molecular formula is C127H80N4O2S4. The highest BCUT2D eigenvalue weighted by Crippen LogP contribution is 2.68. The van der Waals surface area contributed by atoms with E-state index in [9.17, 15) is 0 Å². The molecule has 6 nitrogen and oxygen atoms in total. The molecule has 5 aromatic heterocycles. The smallest absolute Gasteiger partial charge is 0.143 e. The van der Waals surface area contributed by atoms with Gasteiger partial charge in [0.2, 0.25) is 0 Å². The number of allylic oxidation sites excluding steroid dienone is 2. The zero-order valence-corrected chi connectivity index (χ0v) is 77.2. The molecule has 0 fully saturated rings. The number of para-hydroxylation sites is 7. The fraction of sp³-hybridized carbons (Fsp3) is 0.0236. The van der Waals surface area contributed by atoms with Crippen LogP contribution in [0.5, 0.6) is 0 Å². The Hall–Kier alpha value is -16.3. The number of benzene rings is 20. The summed E-state index contributed by atoms with van der Waals surface area (Å²) in [6.45, 7) is 0. The number of hydrogen-bond acceptors (Lipinski definition) is 10. The zero-order valence-electron chi connectivity index (χ0n) is 73.9. The standard InChI is InChI=1S/C127H80N4O2S4/c1-8-34-79(35-9-1)82-68-110(122-98-51-25-30-60-115(98)134-119(122)70-82)129(85-42-16-5-17-43-85)89-63-66-106-117(77-89)136-118-78-90(130(86-44-18-6-19-45-86)111-69-83(80-36-10-2-11-37-80)71-120-123(111)99-52-26-31-61-116(99)135-120)64-67-107(118)127(106)105-65-62-88(128(84-40-14-4-15-41-84)91-75-102-95-50-24-29-59-114(95)137-126(102)103(76-91)97-54-32-53-96-93-48-22-27-57-112(93)132-124(96)97)72-104(105)121-108(127)55-33-56-109(121)131(87-46-20-7-21-47-87)92-73-100(81-38-12-3-13-39-81)125-101(74-92)94-49-23-28-58-113(94)133-125/h1-78,106,117H. The fourth-order valence-corrected chi connectivity index (χ4v) is 27.6. The first-order valence-electron chi connectivity index (χ1n) is 46.7. The molecule has 0 bridgehead atoms. The fourth-order valence-electron chi connectivity index (χ4n) is 22.6. The second-order valence-corrected chi connectivity index (χ2v) is 40.3. The summed E-state index contributed by atoms with van der Waals surface area (Å²) in [5, 5.41) is 11.4. The number of furan rings is 2. The minimum Gasteiger partial charge on any atom is -0.455 e. The third-order valence-electron chi connectivity index (χ3n) is 28.4. The van der Waals surface area contributed by atoms with Gasteiger partial charge in [-0.15, -0.1) is 45.8 Å². The average molecular weight is 1820 g/mol. The van der Waals surface area contributed by atoms with Crippen LogP contribution in [-0.4, -0.2) is 5.25 Å². The first-order chi connectivity index (χ1) is 67.9. The van der Waals surface area contributed by atoms with Crippen LogP contribution in [0, 0.1) is 5.92 Å². The Balaban J connectivity index is 0.738. The maximum Gasteiger partial charge on any atom is 0.143 e. The number of rotatable bonds is 16. The Morgan fingerprint density at radius 3 is 1.30 bits per heavy atom. The van der Waals surface area contributed by atoms with Gasteiger partial charge >= 0.3 is 0 Å². The van der Waals surface area contributed by atoms with Crippen molar-refractivity contribution in [2.45, 2.75) is 15.6 Å². The molecule has 0 N–H and O–H groups in total. The number of nitrogens with zero attached hydrogens (tertiary/aromatic N) is 4. The molecule has 0 saturated heterocycles. The minimum atomic E-state index is -0.905. The van der Waals surface area contributed by atoms with Crippen LogP contribution in [0.4, 0.5) is 62.6 Å². The summed E-state index contributed by atoms with van der Waals surface area (Å²) in [5.41, 5.74) is 30.0. The van der Waals surface area contributed by atoms with Gasteiger partial charge in [0, 0.05) is 172 Å². The molecule has 28 rings (SSSR count). The highest BCUT2D eigenvalue weighted by molar-refractivity contribution is 8.00. The van der Waals surface area contributed by atoms with Crippen LogP contribution >= 0.6 is 45.8 Å². The van der Waals surface area contributed by atoms with Crippen molar-refractivity contribution in [1.82, 2.24) is 0 Å². The average Bonchev–Trinajstić information content (AvgIpc) is 1.51. The van der Waals surface area contributed by atoms with Crippen LogP contribution in [-0.2, 0) is 5.41 Å².